The summed E-state index contributed by atoms with van der Waals surface area (Å²) >= 11 is 2.74. The standard InChI is InChI=1S/C14H17BrF2N2O3/c1-7(18-13(21)22-14(2,3)4)12(20)19-9-6-5-8(16)10(15)11(9)17/h5-7H,1-4H3,(H,18,21)(H,19,20). The molecular formula is C14H17BrF2N2O3. The van der Waals surface area contributed by atoms with Gasteiger partial charge in [0.25, 0.3) is 0 Å². The number of halogens is 3. The summed E-state index contributed by atoms with van der Waals surface area (Å²) in [5.74, 6) is -2.38. The highest BCUT2D eigenvalue weighted by atomic mass is 79.9. The molecule has 0 spiro atoms. The van der Waals surface area contributed by atoms with Gasteiger partial charge in [0, 0.05) is 0 Å². The molecule has 0 heterocycles. The second kappa shape index (κ2) is 7.04. The van der Waals surface area contributed by atoms with Crippen LogP contribution in [0.5, 0.6) is 0 Å². The van der Waals surface area contributed by atoms with Gasteiger partial charge in [0.2, 0.25) is 5.91 Å². The number of benzene rings is 1. The van der Waals surface area contributed by atoms with Gasteiger partial charge in [-0.05, 0) is 55.8 Å². The van der Waals surface area contributed by atoms with Crippen molar-refractivity contribution >= 4 is 33.6 Å². The summed E-state index contributed by atoms with van der Waals surface area (Å²) in [4.78, 5) is 23.5. The van der Waals surface area contributed by atoms with E-state index in [1.165, 1.54) is 6.92 Å². The summed E-state index contributed by atoms with van der Waals surface area (Å²) in [7, 11) is 0. The van der Waals surface area contributed by atoms with Crippen molar-refractivity contribution in [3.63, 3.8) is 0 Å². The molecule has 0 bridgehead atoms. The van der Waals surface area contributed by atoms with E-state index in [0.717, 1.165) is 12.1 Å². The molecule has 0 saturated carbocycles. The minimum absolute atomic E-state index is 0.198. The molecule has 122 valence electrons. The van der Waals surface area contributed by atoms with Gasteiger partial charge in [0.15, 0.2) is 5.82 Å². The first kappa shape index (κ1) is 18.3. The molecule has 1 rings (SSSR count). The third-order valence-electron chi connectivity index (χ3n) is 2.42. The molecule has 0 aliphatic heterocycles. The molecule has 0 radical (unpaired) electrons. The number of alkyl carbamates (subject to hydrolysis) is 1. The largest absolute Gasteiger partial charge is 0.444 e. The van der Waals surface area contributed by atoms with Crippen molar-refractivity contribution in [2.24, 2.45) is 0 Å². The molecule has 2 amide bonds. The predicted molar refractivity (Wildman–Crippen MR) is 81.5 cm³/mol. The van der Waals surface area contributed by atoms with E-state index in [9.17, 15) is 18.4 Å². The fraction of sp³-hybridized carbons (Fsp3) is 0.429. The van der Waals surface area contributed by atoms with Crippen molar-refractivity contribution in [2.45, 2.75) is 39.3 Å². The van der Waals surface area contributed by atoms with E-state index in [2.05, 4.69) is 26.6 Å². The summed E-state index contributed by atoms with van der Waals surface area (Å²) in [6.45, 7) is 6.46. The van der Waals surface area contributed by atoms with Gasteiger partial charge in [-0.25, -0.2) is 13.6 Å². The molecule has 8 heteroatoms. The Hall–Kier alpha value is -1.70. The number of hydrogen-bond acceptors (Lipinski definition) is 3. The Kier molecular flexibility index (Phi) is 5.87. The number of anilines is 1. The second-order valence-corrected chi connectivity index (χ2v) is 6.37. The van der Waals surface area contributed by atoms with Gasteiger partial charge in [-0.15, -0.1) is 0 Å². The van der Waals surface area contributed by atoms with Gasteiger partial charge < -0.3 is 15.4 Å². The van der Waals surface area contributed by atoms with Crippen LogP contribution < -0.4 is 10.6 Å². The maximum Gasteiger partial charge on any atom is 0.408 e. The van der Waals surface area contributed by atoms with Crippen molar-refractivity contribution < 1.29 is 23.1 Å². The van der Waals surface area contributed by atoms with Crippen LogP contribution in [0.4, 0.5) is 19.3 Å². The lowest BCUT2D eigenvalue weighted by molar-refractivity contribution is -0.117. The fourth-order valence-electron chi connectivity index (χ4n) is 1.41. The van der Waals surface area contributed by atoms with Crippen LogP contribution in [-0.4, -0.2) is 23.6 Å². The van der Waals surface area contributed by atoms with E-state index in [0.29, 0.717) is 0 Å². The van der Waals surface area contributed by atoms with Crippen LogP contribution >= 0.6 is 15.9 Å². The molecular weight excluding hydrogens is 362 g/mol. The average Bonchev–Trinajstić information content (AvgIpc) is 2.37. The zero-order valence-electron chi connectivity index (χ0n) is 12.6. The Bertz CT molecular complexity index is 588. The quantitative estimate of drug-likeness (QED) is 0.789. The lowest BCUT2D eigenvalue weighted by atomic mass is 10.2. The monoisotopic (exact) mass is 378 g/mol. The summed E-state index contributed by atoms with van der Waals surface area (Å²) in [5.41, 5.74) is -0.898. The first-order chi connectivity index (χ1) is 10.0. The number of amides is 2. The predicted octanol–water partition coefficient (Wildman–Crippen LogP) is 3.58. The Morgan fingerprint density at radius 3 is 2.41 bits per heavy atom. The van der Waals surface area contributed by atoms with E-state index in [4.69, 9.17) is 4.74 Å². The first-order valence-electron chi connectivity index (χ1n) is 6.45. The van der Waals surface area contributed by atoms with Crippen LogP contribution in [0.25, 0.3) is 0 Å². The summed E-state index contributed by atoms with van der Waals surface area (Å²) in [6, 6.07) is 1.14. The Morgan fingerprint density at radius 1 is 1.27 bits per heavy atom. The Labute approximate surface area is 135 Å². The van der Waals surface area contributed by atoms with Crippen molar-refractivity contribution in [3.05, 3.63) is 28.2 Å². The molecule has 0 saturated heterocycles. The van der Waals surface area contributed by atoms with Crippen molar-refractivity contribution in [2.75, 3.05) is 5.32 Å². The number of ether oxygens (including phenoxy) is 1. The second-order valence-electron chi connectivity index (χ2n) is 5.58. The molecule has 1 aromatic carbocycles. The highest BCUT2D eigenvalue weighted by Crippen LogP contribution is 2.25. The number of rotatable bonds is 3. The fourth-order valence-corrected chi connectivity index (χ4v) is 1.76. The highest BCUT2D eigenvalue weighted by Gasteiger charge is 2.22. The SMILES string of the molecule is CC(NC(=O)OC(C)(C)C)C(=O)Nc1ccc(F)c(Br)c1F. The van der Waals surface area contributed by atoms with Crippen molar-refractivity contribution in [1.29, 1.82) is 0 Å². The van der Waals surface area contributed by atoms with Crippen molar-refractivity contribution in [1.82, 2.24) is 5.32 Å². The molecule has 22 heavy (non-hydrogen) atoms. The zero-order chi connectivity index (χ0) is 17.1. The first-order valence-corrected chi connectivity index (χ1v) is 7.24. The number of hydrogen-bond donors (Lipinski definition) is 2. The van der Waals surface area contributed by atoms with Gasteiger partial charge in [0.1, 0.15) is 17.5 Å². The number of carbonyl (C=O) groups is 2. The van der Waals surface area contributed by atoms with Crippen LogP contribution in [0.1, 0.15) is 27.7 Å². The number of nitrogens with one attached hydrogen (secondary N) is 2. The van der Waals surface area contributed by atoms with Gasteiger partial charge in [-0.1, -0.05) is 0 Å². The van der Waals surface area contributed by atoms with Gasteiger partial charge in [-0.3, -0.25) is 4.79 Å². The molecule has 0 aliphatic rings. The van der Waals surface area contributed by atoms with Crippen LogP contribution in [0.2, 0.25) is 0 Å². The van der Waals surface area contributed by atoms with E-state index in [-0.39, 0.29) is 10.2 Å². The molecule has 1 atom stereocenters. The normalized spacial score (nSPS) is 12.5. The topological polar surface area (TPSA) is 67.4 Å². The highest BCUT2D eigenvalue weighted by molar-refractivity contribution is 9.10. The maximum absolute atomic E-state index is 13.8. The minimum atomic E-state index is -0.960. The zero-order valence-corrected chi connectivity index (χ0v) is 14.2. The lowest BCUT2D eigenvalue weighted by Crippen LogP contribution is -2.44. The Balaban J connectivity index is 2.69. The summed E-state index contributed by atoms with van der Waals surface area (Å²) in [6.07, 6.45) is -0.768. The molecule has 1 unspecified atom stereocenters. The van der Waals surface area contributed by atoms with E-state index < -0.39 is 35.3 Å². The van der Waals surface area contributed by atoms with Crippen molar-refractivity contribution in [3.8, 4) is 0 Å². The molecule has 0 fully saturated rings. The summed E-state index contributed by atoms with van der Waals surface area (Å²) in [5, 5.41) is 4.59. The molecule has 1 aromatic rings. The average molecular weight is 379 g/mol. The van der Waals surface area contributed by atoms with E-state index in [1.54, 1.807) is 20.8 Å². The van der Waals surface area contributed by atoms with Gasteiger partial charge in [-0.2, -0.15) is 0 Å². The molecule has 5 nitrogen and oxygen atoms in total. The smallest absolute Gasteiger partial charge is 0.408 e. The lowest BCUT2D eigenvalue weighted by Gasteiger charge is -2.21. The number of carbonyl (C=O) groups excluding carboxylic acids is 2. The molecule has 2 N–H and O–H groups in total. The van der Waals surface area contributed by atoms with Gasteiger partial charge in [0.05, 0.1) is 10.2 Å². The third-order valence-corrected chi connectivity index (χ3v) is 3.15. The van der Waals surface area contributed by atoms with E-state index >= 15 is 0 Å². The molecule has 0 aromatic heterocycles. The maximum atomic E-state index is 13.8. The van der Waals surface area contributed by atoms with Crippen LogP contribution in [0.15, 0.2) is 16.6 Å². The van der Waals surface area contributed by atoms with Crippen LogP contribution in [0.3, 0.4) is 0 Å². The van der Waals surface area contributed by atoms with Crippen LogP contribution in [0, 0.1) is 11.6 Å². The molecule has 0 aliphatic carbocycles. The van der Waals surface area contributed by atoms with Crippen LogP contribution in [-0.2, 0) is 9.53 Å². The van der Waals surface area contributed by atoms with E-state index in [1.807, 2.05) is 0 Å². The minimum Gasteiger partial charge on any atom is -0.444 e. The summed E-state index contributed by atoms with van der Waals surface area (Å²) < 4.78 is 31.5. The third kappa shape index (κ3) is 5.25. The Morgan fingerprint density at radius 2 is 1.86 bits per heavy atom. The van der Waals surface area contributed by atoms with Gasteiger partial charge >= 0.3 is 6.09 Å².